The molecule has 0 bridgehead atoms. The van der Waals surface area contributed by atoms with E-state index in [1.807, 2.05) is 11.7 Å². The van der Waals surface area contributed by atoms with Crippen molar-refractivity contribution in [1.82, 2.24) is 19.3 Å². The van der Waals surface area contributed by atoms with E-state index in [1.165, 1.54) is 25.7 Å². The summed E-state index contributed by atoms with van der Waals surface area (Å²) in [6.07, 6.45) is 7.30. The lowest BCUT2D eigenvalue weighted by Gasteiger charge is -2.17. The second kappa shape index (κ2) is 5.64. The van der Waals surface area contributed by atoms with E-state index in [0.29, 0.717) is 11.3 Å². The number of aromatic nitrogens is 4. The van der Waals surface area contributed by atoms with Gasteiger partial charge in [-0.25, -0.2) is 4.98 Å². The minimum Gasteiger partial charge on any atom is -0.311 e. The summed E-state index contributed by atoms with van der Waals surface area (Å²) in [5.41, 5.74) is 3.80. The van der Waals surface area contributed by atoms with Crippen molar-refractivity contribution in [3.05, 3.63) is 11.5 Å². The maximum Gasteiger partial charge on any atom is 0.158 e. The van der Waals surface area contributed by atoms with Crippen LogP contribution in [0.4, 0.5) is 0 Å². The first-order valence-corrected chi connectivity index (χ1v) is 8.64. The molecule has 1 aliphatic rings. The van der Waals surface area contributed by atoms with Crippen LogP contribution in [0.2, 0.25) is 0 Å². The number of nitrogens with zero attached hydrogens (tertiary/aromatic N) is 4. The van der Waals surface area contributed by atoms with E-state index < -0.39 is 0 Å². The number of hydrogen-bond donors (Lipinski definition) is 0. The Kier molecular flexibility index (Phi) is 4.00. The topological polar surface area (TPSA) is 35.6 Å². The first-order chi connectivity index (χ1) is 10.1. The highest BCUT2D eigenvalue weighted by molar-refractivity contribution is 6.16. The van der Waals surface area contributed by atoms with Crippen molar-refractivity contribution in [2.24, 2.45) is 12.5 Å². The van der Waals surface area contributed by atoms with E-state index in [1.54, 1.807) is 0 Å². The number of fused-ring (bicyclic) bond motifs is 1. The molecule has 0 amide bonds. The Morgan fingerprint density at radius 1 is 1.24 bits per heavy atom. The Morgan fingerprint density at radius 3 is 2.57 bits per heavy atom. The van der Waals surface area contributed by atoms with Crippen molar-refractivity contribution in [1.29, 1.82) is 0 Å². The van der Waals surface area contributed by atoms with Gasteiger partial charge in [-0.2, -0.15) is 5.10 Å². The van der Waals surface area contributed by atoms with Gasteiger partial charge in [0.05, 0.1) is 11.6 Å². The third-order valence-corrected chi connectivity index (χ3v) is 4.95. The summed E-state index contributed by atoms with van der Waals surface area (Å²) < 4.78 is 4.32. The average molecular weight is 309 g/mol. The number of alkyl halides is 1. The zero-order valence-electron chi connectivity index (χ0n) is 13.3. The maximum atomic E-state index is 6.16. The van der Waals surface area contributed by atoms with Gasteiger partial charge < -0.3 is 4.57 Å². The van der Waals surface area contributed by atoms with Gasteiger partial charge in [0, 0.05) is 13.6 Å². The van der Waals surface area contributed by atoms with Crippen LogP contribution in [0.15, 0.2) is 0 Å². The lowest BCUT2D eigenvalue weighted by atomic mass is 10.0. The van der Waals surface area contributed by atoms with Crippen molar-refractivity contribution >= 4 is 22.8 Å². The van der Waals surface area contributed by atoms with Crippen LogP contribution in [-0.2, 0) is 25.9 Å². The van der Waals surface area contributed by atoms with Crippen LogP contribution in [0.1, 0.15) is 57.5 Å². The summed E-state index contributed by atoms with van der Waals surface area (Å²) in [6, 6.07) is 0. The Morgan fingerprint density at radius 2 is 2.00 bits per heavy atom. The fraction of sp³-hybridized carbons (Fsp3) is 0.750. The molecule has 0 saturated heterocycles. The first kappa shape index (κ1) is 14.9. The fourth-order valence-electron chi connectivity index (χ4n) is 3.49. The molecule has 0 atom stereocenters. The molecule has 2 aromatic rings. The minimum absolute atomic E-state index is 0.475. The van der Waals surface area contributed by atoms with Crippen LogP contribution in [0, 0.1) is 5.41 Å². The van der Waals surface area contributed by atoms with Crippen LogP contribution >= 0.6 is 11.6 Å². The van der Waals surface area contributed by atoms with Crippen molar-refractivity contribution in [2.45, 2.75) is 64.8 Å². The highest BCUT2D eigenvalue weighted by atomic mass is 35.5. The summed E-state index contributed by atoms with van der Waals surface area (Å²) in [5, 5.41) is 4.66. The molecule has 2 aromatic heterocycles. The molecule has 3 rings (SSSR count). The average Bonchev–Trinajstić information content (AvgIpc) is 3.01. The van der Waals surface area contributed by atoms with E-state index in [-0.39, 0.29) is 0 Å². The highest BCUT2D eigenvalue weighted by Gasteiger charge is 2.42. The van der Waals surface area contributed by atoms with E-state index >= 15 is 0 Å². The predicted octanol–water partition coefficient (Wildman–Crippen LogP) is 4.04. The number of halogens is 1. The van der Waals surface area contributed by atoms with E-state index in [0.717, 1.165) is 42.1 Å². The smallest absolute Gasteiger partial charge is 0.158 e. The molecule has 116 valence electrons. The lowest BCUT2D eigenvalue weighted by molar-refractivity contribution is 0.386. The molecular formula is C16H25ClN4. The summed E-state index contributed by atoms with van der Waals surface area (Å²) in [5.74, 6) is 1.47. The molecule has 1 aliphatic carbocycles. The van der Waals surface area contributed by atoms with Gasteiger partial charge in [0.1, 0.15) is 11.3 Å². The molecule has 2 heterocycles. The van der Waals surface area contributed by atoms with Crippen molar-refractivity contribution in [3.63, 3.8) is 0 Å². The fourth-order valence-corrected chi connectivity index (χ4v) is 3.69. The summed E-state index contributed by atoms with van der Waals surface area (Å²) in [4.78, 5) is 4.79. The molecule has 0 aliphatic heterocycles. The third-order valence-electron chi connectivity index (χ3n) is 4.71. The predicted molar refractivity (Wildman–Crippen MR) is 86.6 cm³/mol. The Hall–Kier alpha value is -1.03. The maximum absolute atomic E-state index is 6.16. The van der Waals surface area contributed by atoms with Gasteiger partial charge in [-0.05, 0) is 31.1 Å². The van der Waals surface area contributed by atoms with Gasteiger partial charge in [0.25, 0.3) is 0 Å². The molecular weight excluding hydrogens is 284 g/mol. The van der Waals surface area contributed by atoms with Crippen molar-refractivity contribution < 1.29 is 0 Å². The molecule has 4 nitrogen and oxygen atoms in total. The van der Waals surface area contributed by atoms with Gasteiger partial charge in [-0.3, -0.25) is 4.68 Å². The third kappa shape index (κ3) is 2.59. The monoisotopic (exact) mass is 308 g/mol. The van der Waals surface area contributed by atoms with E-state index in [4.69, 9.17) is 16.6 Å². The minimum atomic E-state index is 0.475. The second-order valence-corrected chi connectivity index (χ2v) is 6.76. The van der Waals surface area contributed by atoms with Gasteiger partial charge in [0.15, 0.2) is 5.65 Å². The van der Waals surface area contributed by atoms with Crippen molar-refractivity contribution in [3.8, 4) is 0 Å². The molecule has 0 radical (unpaired) electrons. The van der Waals surface area contributed by atoms with E-state index in [9.17, 15) is 0 Å². The van der Waals surface area contributed by atoms with Crippen molar-refractivity contribution in [2.75, 3.05) is 0 Å². The van der Waals surface area contributed by atoms with E-state index in [2.05, 4.69) is 23.5 Å². The standard InChI is InChI=1S/C16H25ClN4/c1-4-6-12-14-15(20(3)19-12)21(13(10-17)18-14)11-16(7-5-2)8-9-16/h4-11H2,1-3H3. The number of rotatable bonds is 7. The number of aryl methyl sites for hydroxylation is 2. The summed E-state index contributed by atoms with van der Waals surface area (Å²) in [6.45, 7) is 5.50. The molecule has 0 aromatic carbocycles. The summed E-state index contributed by atoms with van der Waals surface area (Å²) >= 11 is 6.16. The van der Waals surface area contributed by atoms with Crippen LogP contribution in [-0.4, -0.2) is 19.3 Å². The molecule has 0 spiro atoms. The Labute approximate surface area is 131 Å². The largest absolute Gasteiger partial charge is 0.311 e. The molecule has 0 unspecified atom stereocenters. The molecule has 21 heavy (non-hydrogen) atoms. The lowest BCUT2D eigenvalue weighted by Crippen LogP contribution is -2.15. The number of hydrogen-bond acceptors (Lipinski definition) is 2. The summed E-state index contributed by atoms with van der Waals surface area (Å²) in [7, 11) is 2.02. The van der Waals surface area contributed by atoms with Gasteiger partial charge in [-0.15, -0.1) is 11.6 Å². The van der Waals surface area contributed by atoms with Crippen LogP contribution in [0.3, 0.4) is 0 Å². The second-order valence-electron chi connectivity index (χ2n) is 6.49. The van der Waals surface area contributed by atoms with Gasteiger partial charge in [0.2, 0.25) is 0 Å². The van der Waals surface area contributed by atoms with Gasteiger partial charge >= 0.3 is 0 Å². The molecule has 0 N–H and O–H groups in total. The zero-order chi connectivity index (χ0) is 15.0. The van der Waals surface area contributed by atoms with Crippen LogP contribution in [0.25, 0.3) is 11.2 Å². The SMILES string of the molecule is CCCc1nn(C)c2c1nc(CCl)n2CC1(CCC)CC1. The molecule has 1 fully saturated rings. The quantitative estimate of drug-likeness (QED) is 0.724. The zero-order valence-corrected chi connectivity index (χ0v) is 14.1. The Bertz CT molecular complexity index is 636. The first-order valence-electron chi connectivity index (χ1n) is 8.11. The molecule has 5 heteroatoms. The van der Waals surface area contributed by atoms with Crippen LogP contribution in [0.5, 0.6) is 0 Å². The van der Waals surface area contributed by atoms with Crippen LogP contribution < -0.4 is 0 Å². The normalized spacial score (nSPS) is 16.8. The molecule has 1 saturated carbocycles. The van der Waals surface area contributed by atoms with Gasteiger partial charge in [-0.1, -0.05) is 26.7 Å². The Balaban J connectivity index is 2.04. The number of imidazole rings is 1. The highest BCUT2D eigenvalue weighted by Crippen LogP contribution is 2.51.